The number of nitrogens with zero attached hydrogens (tertiary/aromatic N) is 8. The molecular formula is C20H18F2N8O3. The van der Waals surface area contributed by atoms with Crippen molar-refractivity contribution in [1.82, 2.24) is 34.5 Å². The maximum absolute atomic E-state index is 14.0. The van der Waals surface area contributed by atoms with Gasteiger partial charge in [-0.2, -0.15) is 15.0 Å². The number of halogens is 2. The van der Waals surface area contributed by atoms with E-state index in [9.17, 15) is 8.78 Å². The molecule has 170 valence electrons. The topological polar surface area (TPSA) is 113 Å². The van der Waals surface area contributed by atoms with Gasteiger partial charge in [0, 0.05) is 25.4 Å². The van der Waals surface area contributed by atoms with Crippen LogP contribution in [0, 0.1) is 0 Å². The van der Waals surface area contributed by atoms with Crippen molar-refractivity contribution in [2.45, 2.75) is 6.43 Å². The molecule has 1 aromatic carbocycles. The number of fused-ring (bicyclic) bond motifs is 1. The van der Waals surface area contributed by atoms with Crippen LogP contribution in [-0.2, 0) is 4.74 Å². The lowest BCUT2D eigenvalue weighted by atomic mass is 10.3. The minimum atomic E-state index is -2.89. The quantitative estimate of drug-likeness (QED) is 0.429. The molecule has 13 heteroatoms. The number of rotatable bonds is 6. The number of methoxy groups -OCH3 is 1. The first-order valence-corrected chi connectivity index (χ1v) is 10.0. The normalized spacial score (nSPS) is 14.1. The molecular weight excluding hydrogens is 438 g/mol. The predicted octanol–water partition coefficient (Wildman–Crippen LogP) is 2.58. The Hall–Kier alpha value is -4.00. The van der Waals surface area contributed by atoms with Crippen LogP contribution in [0.2, 0.25) is 0 Å². The Kier molecular flexibility index (Phi) is 5.60. The third kappa shape index (κ3) is 4.09. The molecule has 4 aromatic rings. The molecule has 0 spiro atoms. The van der Waals surface area contributed by atoms with Crippen molar-refractivity contribution in [3.63, 3.8) is 0 Å². The van der Waals surface area contributed by atoms with E-state index in [0.29, 0.717) is 37.6 Å². The Morgan fingerprint density at radius 2 is 1.85 bits per heavy atom. The smallest absolute Gasteiger partial charge is 0.330 e. The number of benzene rings is 1. The molecule has 0 unspecified atom stereocenters. The van der Waals surface area contributed by atoms with Crippen molar-refractivity contribution in [2.75, 3.05) is 38.3 Å². The molecule has 1 saturated heterocycles. The summed E-state index contributed by atoms with van der Waals surface area (Å²) in [5, 5.41) is 0. The molecule has 0 bridgehead atoms. The first-order valence-electron chi connectivity index (χ1n) is 10.0. The number of hydrogen-bond donors (Lipinski definition) is 0. The zero-order valence-corrected chi connectivity index (χ0v) is 17.4. The summed E-state index contributed by atoms with van der Waals surface area (Å²) in [6, 6.07) is 6.38. The second kappa shape index (κ2) is 8.86. The predicted molar refractivity (Wildman–Crippen MR) is 111 cm³/mol. The molecule has 0 atom stereocenters. The van der Waals surface area contributed by atoms with E-state index in [4.69, 9.17) is 14.2 Å². The SMILES string of the molecule is COc1cccc2c1nc(C(F)F)n2-c1nc(Oc2ccncn2)nc(N2CCOCC2)n1. The fraction of sp³-hybridized carbons (Fsp3) is 0.300. The van der Waals surface area contributed by atoms with Crippen LogP contribution in [0.3, 0.4) is 0 Å². The maximum Gasteiger partial charge on any atom is 0.330 e. The van der Waals surface area contributed by atoms with E-state index < -0.39 is 12.2 Å². The first kappa shape index (κ1) is 20.9. The Bertz CT molecular complexity index is 1270. The van der Waals surface area contributed by atoms with Crippen LogP contribution in [0.25, 0.3) is 17.0 Å². The highest BCUT2D eigenvalue weighted by Crippen LogP contribution is 2.32. The Balaban J connectivity index is 1.69. The zero-order chi connectivity index (χ0) is 22.8. The highest BCUT2D eigenvalue weighted by atomic mass is 19.3. The second-order valence-electron chi connectivity index (χ2n) is 6.90. The second-order valence-corrected chi connectivity index (χ2v) is 6.90. The van der Waals surface area contributed by atoms with Crippen molar-refractivity contribution in [2.24, 2.45) is 0 Å². The fourth-order valence-electron chi connectivity index (χ4n) is 3.43. The van der Waals surface area contributed by atoms with Crippen LogP contribution in [0.5, 0.6) is 17.6 Å². The standard InChI is InChI=1S/C20H18F2N8O3/c1-31-13-4-2-3-12-15(13)25-17(16(21)22)30(12)19-26-18(29-7-9-32-10-8-29)27-20(28-19)33-14-5-6-23-11-24-14/h2-6,11,16H,7-10H2,1H3. The molecule has 1 aliphatic rings. The number of imidazole rings is 1. The van der Waals surface area contributed by atoms with Crippen molar-refractivity contribution in [3.05, 3.63) is 42.6 Å². The van der Waals surface area contributed by atoms with Gasteiger partial charge in [0.2, 0.25) is 17.8 Å². The van der Waals surface area contributed by atoms with Crippen molar-refractivity contribution >= 4 is 17.0 Å². The average Bonchev–Trinajstić information content (AvgIpc) is 3.25. The summed E-state index contributed by atoms with van der Waals surface area (Å²) in [4.78, 5) is 27.0. The van der Waals surface area contributed by atoms with E-state index >= 15 is 0 Å². The van der Waals surface area contributed by atoms with Gasteiger partial charge in [-0.3, -0.25) is 4.57 Å². The summed E-state index contributed by atoms with van der Waals surface area (Å²) in [5.74, 6) is 0.218. The third-order valence-electron chi connectivity index (χ3n) is 4.93. The number of morpholine rings is 1. The van der Waals surface area contributed by atoms with Gasteiger partial charge in [-0.15, -0.1) is 0 Å². The van der Waals surface area contributed by atoms with Crippen molar-refractivity contribution in [1.29, 1.82) is 0 Å². The number of ether oxygens (including phenoxy) is 3. The monoisotopic (exact) mass is 456 g/mol. The molecule has 1 fully saturated rings. The maximum atomic E-state index is 14.0. The van der Waals surface area contributed by atoms with E-state index in [0.717, 1.165) is 0 Å². The van der Waals surface area contributed by atoms with Gasteiger partial charge in [-0.1, -0.05) is 6.07 Å². The van der Waals surface area contributed by atoms with Gasteiger partial charge in [0.25, 0.3) is 6.43 Å². The van der Waals surface area contributed by atoms with Gasteiger partial charge in [0.15, 0.2) is 5.82 Å². The lowest BCUT2D eigenvalue weighted by molar-refractivity contribution is 0.122. The molecule has 1 aliphatic heterocycles. The molecule has 33 heavy (non-hydrogen) atoms. The first-order chi connectivity index (χ1) is 16.1. The summed E-state index contributed by atoms with van der Waals surface area (Å²) >= 11 is 0. The molecule has 0 amide bonds. The van der Waals surface area contributed by atoms with Gasteiger partial charge in [-0.25, -0.2) is 23.7 Å². The zero-order valence-electron chi connectivity index (χ0n) is 17.4. The van der Waals surface area contributed by atoms with E-state index in [1.807, 2.05) is 4.90 Å². The van der Waals surface area contributed by atoms with Gasteiger partial charge in [0.1, 0.15) is 17.6 Å². The van der Waals surface area contributed by atoms with Crippen LogP contribution in [-0.4, -0.2) is 67.9 Å². The Morgan fingerprint density at radius 3 is 2.58 bits per heavy atom. The van der Waals surface area contributed by atoms with Gasteiger partial charge in [-0.05, 0) is 12.1 Å². The minimum Gasteiger partial charge on any atom is -0.494 e. The van der Waals surface area contributed by atoms with Crippen LogP contribution in [0.1, 0.15) is 12.2 Å². The molecule has 0 aliphatic carbocycles. The van der Waals surface area contributed by atoms with E-state index in [2.05, 4.69) is 29.9 Å². The Morgan fingerprint density at radius 1 is 1.03 bits per heavy atom. The molecule has 0 saturated carbocycles. The lowest BCUT2D eigenvalue weighted by Gasteiger charge is -2.27. The summed E-state index contributed by atoms with van der Waals surface area (Å²) in [6.07, 6.45) is -0.0834. The molecule has 0 N–H and O–H groups in total. The minimum absolute atomic E-state index is 0.0680. The van der Waals surface area contributed by atoms with E-state index in [1.54, 1.807) is 18.2 Å². The van der Waals surface area contributed by atoms with E-state index in [1.165, 1.54) is 30.3 Å². The van der Waals surface area contributed by atoms with Crippen LogP contribution in [0.15, 0.2) is 36.8 Å². The summed E-state index contributed by atoms with van der Waals surface area (Å²) in [6.45, 7) is 2.01. The molecule has 5 rings (SSSR count). The highest BCUT2D eigenvalue weighted by Gasteiger charge is 2.26. The van der Waals surface area contributed by atoms with Gasteiger partial charge >= 0.3 is 6.01 Å². The number of para-hydroxylation sites is 1. The number of alkyl halides is 2. The van der Waals surface area contributed by atoms with Gasteiger partial charge in [0.05, 0.1) is 25.8 Å². The fourth-order valence-corrected chi connectivity index (χ4v) is 3.43. The summed E-state index contributed by atoms with van der Waals surface area (Å²) < 4.78 is 45.6. The van der Waals surface area contributed by atoms with E-state index in [-0.39, 0.29) is 29.3 Å². The summed E-state index contributed by atoms with van der Waals surface area (Å²) in [5.41, 5.74) is 0.624. The number of hydrogen-bond acceptors (Lipinski definition) is 10. The van der Waals surface area contributed by atoms with Crippen molar-refractivity contribution in [3.8, 4) is 23.6 Å². The summed E-state index contributed by atoms with van der Waals surface area (Å²) in [7, 11) is 1.45. The van der Waals surface area contributed by atoms with Gasteiger partial charge < -0.3 is 19.1 Å². The van der Waals surface area contributed by atoms with Crippen LogP contribution < -0.4 is 14.4 Å². The lowest BCUT2D eigenvalue weighted by Crippen LogP contribution is -2.37. The Labute approximate surface area is 186 Å². The average molecular weight is 456 g/mol. The van der Waals surface area contributed by atoms with Crippen LogP contribution in [0.4, 0.5) is 14.7 Å². The number of anilines is 1. The molecule has 11 nitrogen and oxygen atoms in total. The van der Waals surface area contributed by atoms with Crippen LogP contribution >= 0.6 is 0 Å². The highest BCUT2D eigenvalue weighted by molar-refractivity contribution is 5.84. The third-order valence-corrected chi connectivity index (χ3v) is 4.93. The molecule has 0 radical (unpaired) electrons. The number of aromatic nitrogens is 7. The molecule has 3 aromatic heterocycles. The van der Waals surface area contributed by atoms with Crippen molar-refractivity contribution < 1.29 is 23.0 Å². The molecule has 4 heterocycles. The largest absolute Gasteiger partial charge is 0.494 e.